The summed E-state index contributed by atoms with van der Waals surface area (Å²) in [5.41, 5.74) is 12.6. The van der Waals surface area contributed by atoms with Crippen molar-refractivity contribution in [2.45, 2.75) is 13.8 Å². The molecule has 0 aliphatic heterocycles. The number of hydrogen-bond donors (Lipinski definition) is 4. The molecule has 10 nitrogen and oxygen atoms in total. The average molecular weight is 314 g/mol. The molecule has 0 amide bonds. The standard InChI is InChI=1S/C13H18N10/c1-6(2)8-18-10(14)22-12(20-8)16-5-17-13-21-9(7(3)4)19-11(15)23-13/h1,3,5H2,2,4H3,(H3,14,16,18,20,22)(H3,15,17,19,21,23). The molecule has 2 aromatic heterocycles. The van der Waals surface area contributed by atoms with Crippen LogP contribution in [0.5, 0.6) is 0 Å². The van der Waals surface area contributed by atoms with Gasteiger partial charge in [-0.1, -0.05) is 13.2 Å². The molecule has 0 saturated carbocycles. The number of anilines is 4. The normalized spacial score (nSPS) is 10.2. The van der Waals surface area contributed by atoms with Gasteiger partial charge in [-0.05, 0) is 25.0 Å². The van der Waals surface area contributed by atoms with Crippen LogP contribution in [0.4, 0.5) is 23.8 Å². The van der Waals surface area contributed by atoms with Gasteiger partial charge in [-0.2, -0.15) is 29.9 Å². The van der Waals surface area contributed by atoms with Crippen LogP contribution in [-0.4, -0.2) is 36.6 Å². The fourth-order valence-corrected chi connectivity index (χ4v) is 1.53. The quantitative estimate of drug-likeness (QED) is 0.562. The fourth-order valence-electron chi connectivity index (χ4n) is 1.53. The zero-order chi connectivity index (χ0) is 17.0. The molecule has 6 N–H and O–H groups in total. The lowest BCUT2D eigenvalue weighted by atomic mass is 10.3. The summed E-state index contributed by atoms with van der Waals surface area (Å²) in [5.74, 6) is 1.68. The molecule has 0 aromatic carbocycles. The minimum Gasteiger partial charge on any atom is -0.368 e. The molecule has 0 aliphatic rings. The smallest absolute Gasteiger partial charge is 0.229 e. The Balaban J connectivity index is 2.05. The van der Waals surface area contributed by atoms with Crippen molar-refractivity contribution in [1.29, 1.82) is 0 Å². The molecule has 10 heteroatoms. The number of aromatic nitrogens is 6. The molecule has 0 atom stereocenters. The molecule has 0 spiro atoms. The first-order valence-corrected chi connectivity index (χ1v) is 6.67. The van der Waals surface area contributed by atoms with Crippen molar-refractivity contribution in [1.82, 2.24) is 29.9 Å². The summed E-state index contributed by atoms with van der Waals surface area (Å²) >= 11 is 0. The first-order valence-electron chi connectivity index (χ1n) is 6.67. The van der Waals surface area contributed by atoms with E-state index in [4.69, 9.17) is 11.5 Å². The molecule has 0 bridgehead atoms. The van der Waals surface area contributed by atoms with Crippen molar-refractivity contribution in [3.8, 4) is 0 Å². The third-order valence-corrected chi connectivity index (χ3v) is 2.56. The first-order chi connectivity index (χ1) is 10.8. The Morgan fingerprint density at radius 2 is 1.17 bits per heavy atom. The minimum atomic E-state index is 0.106. The van der Waals surface area contributed by atoms with Crippen molar-refractivity contribution in [2.75, 3.05) is 28.8 Å². The second-order valence-corrected chi connectivity index (χ2v) is 4.77. The number of allylic oxidation sites excluding steroid dienone is 2. The number of rotatable bonds is 6. The summed E-state index contributed by atoms with van der Waals surface area (Å²) in [6.07, 6.45) is 0. The first kappa shape index (κ1) is 16.1. The lowest BCUT2D eigenvalue weighted by Gasteiger charge is -2.09. The maximum absolute atomic E-state index is 5.63. The van der Waals surface area contributed by atoms with E-state index in [1.54, 1.807) is 13.8 Å². The highest BCUT2D eigenvalue weighted by molar-refractivity contribution is 5.57. The van der Waals surface area contributed by atoms with Crippen LogP contribution in [0.25, 0.3) is 11.1 Å². The van der Waals surface area contributed by atoms with Gasteiger partial charge < -0.3 is 22.1 Å². The fraction of sp³-hybridized carbons (Fsp3) is 0.231. The Morgan fingerprint density at radius 1 is 0.783 bits per heavy atom. The Hall–Kier alpha value is -3.30. The van der Waals surface area contributed by atoms with Gasteiger partial charge in [-0.3, -0.25) is 0 Å². The number of nitrogens with one attached hydrogen (secondary N) is 2. The van der Waals surface area contributed by atoms with Gasteiger partial charge in [0.2, 0.25) is 23.8 Å². The van der Waals surface area contributed by atoms with Gasteiger partial charge in [-0.25, -0.2) is 0 Å². The Labute approximate surface area is 133 Å². The second-order valence-electron chi connectivity index (χ2n) is 4.77. The van der Waals surface area contributed by atoms with Crippen molar-refractivity contribution < 1.29 is 0 Å². The number of nitrogen functional groups attached to an aromatic ring is 2. The van der Waals surface area contributed by atoms with E-state index < -0.39 is 0 Å². The largest absolute Gasteiger partial charge is 0.368 e. The zero-order valence-electron chi connectivity index (χ0n) is 13.0. The molecule has 0 fully saturated rings. The number of nitrogens with zero attached hydrogens (tertiary/aromatic N) is 6. The number of hydrogen-bond acceptors (Lipinski definition) is 10. The Kier molecular flexibility index (Phi) is 4.64. The summed E-state index contributed by atoms with van der Waals surface area (Å²) in [4.78, 5) is 24.3. The van der Waals surface area contributed by atoms with E-state index in [0.717, 1.165) is 0 Å². The van der Waals surface area contributed by atoms with Gasteiger partial charge in [0.25, 0.3) is 0 Å². The summed E-state index contributed by atoms with van der Waals surface area (Å²) in [5, 5.41) is 5.88. The Bertz CT molecular complexity index is 691. The van der Waals surface area contributed by atoms with Crippen molar-refractivity contribution >= 4 is 34.9 Å². The van der Waals surface area contributed by atoms with Gasteiger partial charge in [0, 0.05) is 0 Å². The zero-order valence-corrected chi connectivity index (χ0v) is 13.0. The van der Waals surface area contributed by atoms with E-state index in [9.17, 15) is 0 Å². The predicted octanol–water partition coefficient (Wildman–Crippen LogP) is 0.769. The maximum atomic E-state index is 5.63. The summed E-state index contributed by atoms with van der Waals surface area (Å²) in [6.45, 7) is 11.4. The summed E-state index contributed by atoms with van der Waals surface area (Å²) < 4.78 is 0. The molecule has 2 rings (SSSR count). The van der Waals surface area contributed by atoms with E-state index in [2.05, 4.69) is 53.7 Å². The van der Waals surface area contributed by atoms with Crippen molar-refractivity contribution in [2.24, 2.45) is 0 Å². The van der Waals surface area contributed by atoms with Crippen LogP contribution in [0.2, 0.25) is 0 Å². The minimum absolute atomic E-state index is 0.106. The molecule has 0 unspecified atom stereocenters. The van der Waals surface area contributed by atoms with Crippen LogP contribution in [0.3, 0.4) is 0 Å². The topological polar surface area (TPSA) is 153 Å². The van der Waals surface area contributed by atoms with Crippen LogP contribution in [0.15, 0.2) is 13.2 Å². The molecular weight excluding hydrogens is 296 g/mol. The lowest BCUT2D eigenvalue weighted by Crippen LogP contribution is -2.18. The van der Waals surface area contributed by atoms with Gasteiger partial charge in [0.1, 0.15) is 0 Å². The number of nitrogens with two attached hydrogens (primary N) is 2. The lowest BCUT2D eigenvalue weighted by molar-refractivity contribution is 0.981. The van der Waals surface area contributed by atoms with E-state index in [-0.39, 0.29) is 18.6 Å². The van der Waals surface area contributed by atoms with E-state index in [0.29, 0.717) is 34.7 Å². The molecule has 0 saturated heterocycles. The maximum Gasteiger partial charge on any atom is 0.229 e. The van der Waals surface area contributed by atoms with Gasteiger partial charge >= 0.3 is 0 Å². The Morgan fingerprint density at radius 3 is 1.52 bits per heavy atom. The summed E-state index contributed by atoms with van der Waals surface area (Å²) in [7, 11) is 0. The van der Waals surface area contributed by atoms with Crippen molar-refractivity contribution in [3.63, 3.8) is 0 Å². The molecule has 2 heterocycles. The monoisotopic (exact) mass is 314 g/mol. The molecule has 2 aromatic rings. The molecule has 120 valence electrons. The highest BCUT2D eigenvalue weighted by atomic mass is 15.3. The molecule has 0 aliphatic carbocycles. The van der Waals surface area contributed by atoms with Gasteiger partial charge in [-0.15, -0.1) is 0 Å². The van der Waals surface area contributed by atoms with Crippen LogP contribution < -0.4 is 22.1 Å². The van der Waals surface area contributed by atoms with Gasteiger partial charge in [0.05, 0.1) is 6.67 Å². The highest BCUT2D eigenvalue weighted by Crippen LogP contribution is 2.11. The third kappa shape index (κ3) is 4.33. The average Bonchev–Trinajstić information content (AvgIpc) is 2.46. The highest BCUT2D eigenvalue weighted by Gasteiger charge is 2.06. The molecular formula is C13H18N10. The second kappa shape index (κ2) is 6.64. The van der Waals surface area contributed by atoms with E-state index in [1.807, 2.05) is 0 Å². The summed E-state index contributed by atoms with van der Waals surface area (Å²) in [6, 6.07) is 0. The predicted molar refractivity (Wildman–Crippen MR) is 90.0 cm³/mol. The van der Waals surface area contributed by atoms with Crippen LogP contribution in [0.1, 0.15) is 25.5 Å². The SMILES string of the molecule is C=C(C)c1nc(N)nc(NCNc2nc(N)nc(C(=C)C)n2)n1. The van der Waals surface area contributed by atoms with E-state index >= 15 is 0 Å². The molecule has 0 radical (unpaired) electrons. The third-order valence-electron chi connectivity index (χ3n) is 2.56. The van der Waals surface area contributed by atoms with Crippen LogP contribution in [-0.2, 0) is 0 Å². The van der Waals surface area contributed by atoms with E-state index in [1.165, 1.54) is 0 Å². The van der Waals surface area contributed by atoms with Crippen molar-refractivity contribution in [3.05, 3.63) is 24.8 Å². The van der Waals surface area contributed by atoms with Crippen LogP contribution >= 0.6 is 0 Å². The van der Waals surface area contributed by atoms with Crippen LogP contribution in [0, 0.1) is 0 Å². The molecule has 23 heavy (non-hydrogen) atoms. The van der Waals surface area contributed by atoms with Gasteiger partial charge in [0.15, 0.2) is 11.6 Å².